The Bertz CT molecular complexity index is 1340. The van der Waals surface area contributed by atoms with Crippen LogP contribution in [0.4, 0.5) is 5.69 Å². The minimum absolute atomic E-state index is 0.0928. The molecule has 0 saturated heterocycles. The zero-order chi connectivity index (χ0) is 23.7. The minimum Gasteiger partial charge on any atom is -0.325 e. The highest BCUT2D eigenvalue weighted by molar-refractivity contribution is 8.00. The Morgan fingerprint density at radius 2 is 1.82 bits per heavy atom. The van der Waals surface area contributed by atoms with E-state index >= 15 is 0 Å². The van der Waals surface area contributed by atoms with E-state index in [0.29, 0.717) is 16.5 Å². The summed E-state index contributed by atoms with van der Waals surface area (Å²) in [6, 6.07) is 5.86. The number of nitrogens with zero attached hydrogens (tertiary/aromatic N) is 4. The van der Waals surface area contributed by atoms with Crippen LogP contribution in [0.3, 0.4) is 0 Å². The van der Waals surface area contributed by atoms with Gasteiger partial charge in [-0.25, -0.2) is 14.8 Å². The van der Waals surface area contributed by atoms with Gasteiger partial charge in [0, 0.05) is 25.7 Å². The van der Waals surface area contributed by atoms with Crippen LogP contribution in [0.5, 0.6) is 0 Å². The number of carbonyl (C=O) groups is 1. The highest BCUT2D eigenvalue weighted by Gasteiger charge is 2.23. The summed E-state index contributed by atoms with van der Waals surface area (Å²) in [5, 5.41) is 3.67. The molecule has 0 unspecified atom stereocenters. The van der Waals surface area contributed by atoms with Gasteiger partial charge < -0.3 is 5.32 Å². The van der Waals surface area contributed by atoms with E-state index in [1.807, 2.05) is 32.0 Å². The Kier molecular flexibility index (Phi) is 6.69. The summed E-state index contributed by atoms with van der Waals surface area (Å²) < 4.78 is 2.45. The number of anilines is 1. The van der Waals surface area contributed by atoms with Gasteiger partial charge in [-0.15, -0.1) is 0 Å². The van der Waals surface area contributed by atoms with Gasteiger partial charge in [-0.1, -0.05) is 48.7 Å². The molecule has 2 heterocycles. The van der Waals surface area contributed by atoms with E-state index in [2.05, 4.69) is 10.3 Å². The number of benzene rings is 1. The van der Waals surface area contributed by atoms with Crippen molar-refractivity contribution in [3.05, 3.63) is 56.0 Å². The predicted octanol–water partition coefficient (Wildman–Crippen LogP) is 3.42. The summed E-state index contributed by atoms with van der Waals surface area (Å²) >= 11 is 1.21. The fourth-order valence-electron chi connectivity index (χ4n) is 4.37. The number of nitrogens with one attached hydrogen (secondary N) is 1. The van der Waals surface area contributed by atoms with Crippen LogP contribution in [0, 0.1) is 13.8 Å². The van der Waals surface area contributed by atoms with Crippen molar-refractivity contribution in [3.63, 3.8) is 0 Å². The van der Waals surface area contributed by atoms with Crippen LogP contribution >= 0.6 is 11.8 Å². The molecule has 1 fully saturated rings. The van der Waals surface area contributed by atoms with Gasteiger partial charge in [-0.3, -0.25) is 18.7 Å². The lowest BCUT2D eigenvalue weighted by atomic mass is 9.89. The molecule has 0 aliphatic heterocycles. The average Bonchev–Trinajstić information content (AvgIpc) is 2.81. The van der Waals surface area contributed by atoms with Gasteiger partial charge in [0.25, 0.3) is 5.56 Å². The Hall–Kier alpha value is -2.94. The molecule has 3 aromatic rings. The van der Waals surface area contributed by atoms with Crippen molar-refractivity contribution < 1.29 is 4.79 Å². The lowest BCUT2D eigenvalue weighted by Crippen LogP contribution is -2.38. The molecule has 33 heavy (non-hydrogen) atoms. The van der Waals surface area contributed by atoms with E-state index in [9.17, 15) is 14.4 Å². The quantitative estimate of drug-likeness (QED) is 0.456. The molecule has 2 aromatic heterocycles. The van der Waals surface area contributed by atoms with E-state index in [4.69, 9.17) is 4.98 Å². The summed E-state index contributed by atoms with van der Waals surface area (Å²) in [5.74, 6) is 0.767. The molecule has 8 nitrogen and oxygen atoms in total. The van der Waals surface area contributed by atoms with E-state index < -0.39 is 11.2 Å². The molecule has 0 spiro atoms. The molecule has 1 aliphatic carbocycles. The molecule has 1 aliphatic rings. The second kappa shape index (κ2) is 9.51. The molecule has 1 N–H and O–H groups in total. The van der Waals surface area contributed by atoms with Gasteiger partial charge in [0.1, 0.15) is 16.2 Å². The van der Waals surface area contributed by atoms with Crippen molar-refractivity contribution in [1.82, 2.24) is 19.1 Å². The molecule has 0 atom stereocenters. The number of aromatic nitrogens is 4. The second-order valence-electron chi connectivity index (χ2n) is 8.78. The highest BCUT2D eigenvalue weighted by Crippen LogP contribution is 2.33. The summed E-state index contributed by atoms with van der Waals surface area (Å²) in [6.07, 6.45) is 5.40. The van der Waals surface area contributed by atoms with Crippen molar-refractivity contribution in [2.75, 3.05) is 11.1 Å². The topological polar surface area (TPSA) is 98.9 Å². The van der Waals surface area contributed by atoms with E-state index in [1.54, 1.807) is 7.05 Å². The molecule has 0 bridgehead atoms. The first kappa shape index (κ1) is 23.2. The second-order valence-corrected chi connectivity index (χ2v) is 9.75. The lowest BCUT2D eigenvalue weighted by molar-refractivity contribution is -0.113. The van der Waals surface area contributed by atoms with Crippen LogP contribution in [0.2, 0.25) is 0 Å². The number of hydrogen-bond donors (Lipinski definition) is 1. The molecular formula is C24H29N5O3S. The summed E-state index contributed by atoms with van der Waals surface area (Å²) in [6.45, 7) is 3.96. The zero-order valence-corrected chi connectivity index (χ0v) is 20.3. The standard InChI is InChI=1S/C24H29N5O3S/c1-14-10-11-17(15(2)12-14)25-18(30)13-33-22-19-21(28(3)24(32)29(4)23(19)31)26-20(27-22)16-8-6-5-7-9-16/h10-12,16H,5-9,13H2,1-4H3,(H,25,30). The maximum absolute atomic E-state index is 13.0. The third kappa shape index (κ3) is 4.73. The van der Waals surface area contributed by atoms with Crippen LogP contribution in [-0.2, 0) is 18.9 Å². The third-order valence-corrected chi connectivity index (χ3v) is 7.23. The van der Waals surface area contributed by atoms with Gasteiger partial charge >= 0.3 is 5.69 Å². The molecule has 1 amide bonds. The maximum Gasteiger partial charge on any atom is 0.332 e. The summed E-state index contributed by atoms with van der Waals surface area (Å²) in [7, 11) is 3.06. The van der Waals surface area contributed by atoms with Crippen molar-refractivity contribution in [2.45, 2.75) is 56.9 Å². The third-order valence-electron chi connectivity index (χ3n) is 6.25. The fourth-order valence-corrected chi connectivity index (χ4v) is 5.19. The monoisotopic (exact) mass is 467 g/mol. The SMILES string of the molecule is Cc1ccc(NC(=O)CSc2nc(C3CCCCC3)nc3c2c(=O)n(C)c(=O)n3C)c(C)c1. The Balaban J connectivity index is 1.69. The minimum atomic E-state index is -0.444. The zero-order valence-electron chi connectivity index (χ0n) is 19.5. The van der Waals surface area contributed by atoms with Gasteiger partial charge in [0.2, 0.25) is 5.91 Å². The first-order valence-electron chi connectivity index (χ1n) is 11.2. The number of carbonyl (C=O) groups excluding carboxylic acids is 1. The van der Waals surface area contributed by atoms with Gasteiger partial charge in [-0.05, 0) is 38.3 Å². The Labute approximate surface area is 196 Å². The van der Waals surface area contributed by atoms with Crippen LogP contribution in [-0.4, -0.2) is 30.8 Å². The number of aryl methyl sites for hydroxylation is 3. The largest absolute Gasteiger partial charge is 0.332 e. The van der Waals surface area contributed by atoms with Crippen molar-refractivity contribution >= 4 is 34.4 Å². The molecule has 0 radical (unpaired) electrons. The van der Waals surface area contributed by atoms with Crippen molar-refractivity contribution in [3.8, 4) is 0 Å². The van der Waals surface area contributed by atoms with Gasteiger partial charge in [0.05, 0.1) is 5.75 Å². The number of rotatable bonds is 5. The van der Waals surface area contributed by atoms with E-state index in [1.165, 1.54) is 29.8 Å². The first-order chi connectivity index (χ1) is 15.8. The highest BCUT2D eigenvalue weighted by atomic mass is 32.2. The van der Waals surface area contributed by atoms with Crippen molar-refractivity contribution in [1.29, 1.82) is 0 Å². The smallest absolute Gasteiger partial charge is 0.325 e. The summed E-state index contributed by atoms with van der Waals surface area (Å²) in [5.41, 5.74) is 2.34. The number of thioether (sulfide) groups is 1. The lowest BCUT2D eigenvalue weighted by Gasteiger charge is -2.21. The molecule has 174 valence electrons. The number of hydrogen-bond acceptors (Lipinski definition) is 6. The normalized spacial score (nSPS) is 14.5. The molecule has 4 rings (SSSR count). The van der Waals surface area contributed by atoms with E-state index in [-0.39, 0.29) is 23.0 Å². The molecule has 1 saturated carbocycles. The average molecular weight is 468 g/mol. The van der Waals surface area contributed by atoms with Gasteiger partial charge in [0.15, 0.2) is 5.65 Å². The summed E-state index contributed by atoms with van der Waals surface area (Å²) in [4.78, 5) is 47.6. The number of fused-ring (bicyclic) bond motifs is 1. The number of amides is 1. The predicted molar refractivity (Wildman–Crippen MR) is 131 cm³/mol. The Morgan fingerprint density at radius 1 is 1.09 bits per heavy atom. The van der Waals surface area contributed by atoms with E-state index in [0.717, 1.165) is 47.1 Å². The maximum atomic E-state index is 13.0. The van der Waals surface area contributed by atoms with Crippen LogP contribution < -0.4 is 16.6 Å². The fraction of sp³-hybridized carbons (Fsp3) is 0.458. The first-order valence-corrected chi connectivity index (χ1v) is 12.2. The van der Waals surface area contributed by atoms with Crippen molar-refractivity contribution in [2.24, 2.45) is 14.1 Å². The Morgan fingerprint density at radius 3 is 2.52 bits per heavy atom. The van der Waals surface area contributed by atoms with Gasteiger partial charge in [-0.2, -0.15) is 0 Å². The van der Waals surface area contributed by atoms with Crippen LogP contribution in [0.15, 0.2) is 32.8 Å². The molecule has 1 aromatic carbocycles. The van der Waals surface area contributed by atoms with Crippen LogP contribution in [0.1, 0.15) is 55.0 Å². The molecule has 9 heteroatoms. The molecular weight excluding hydrogens is 438 g/mol. The van der Waals surface area contributed by atoms with Crippen LogP contribution in [0.25, 0.3) is 11.0 Å².